The zero-order chi connectivity index (χ0) is 21.8. The van der Waals surface area contributed by atoms with Crippen molar-refractivity contribution in [1.29, 1.82) is 0 Å². The van der Waals surface area contributed by atoms with Crippen LogP contribution in [0.4, 0.5) is 11.4 Å². The van der Waals surface area contributed by atoms with E-state index in [4.69, 9.17) is 4.74 Å². The van der Waals surface area contributed by atoms with Gasteiger partial charge in [-0.1, -0.05) is 30.3 Å². The van der Waals surface area contributed by atoms with Gasteiger partial charge in [-0.2, -0.15) is 5.10 Å². The average molecular weight is 420 g/mol. The molecular formula is C23H24N4O4. The molecule has 1 unspecified atom stereocenters. The van der Waals surface area contributed by atoms with Crippen molar-refractivity contribution in [2.24, 2.45) is 5.10 Å². The summed E-state index contributed by atoms with van der Waals surface area (Å²) in [7, 11) is 0. The van der Waals surface area contributed by atoms with E-state index in [2.05, 4.69) is 15.7 Å². The molecule has 0 bridgehead atoms. The molecule has 2 aromatic carbocycles. The predicted molar refractivity (Wildman–Crippen MR) is 117 cm³/mol. The van der Waals surface area contributed by atoms with Crippen molar-refractivity contribution in [2.75, 3.05) is 16.9 Å². The Labute approximate surface area is 180 Å². The summed E-state index contributed by atoms with van der Waals surface area (Å²) in [4.78, 5) is 38.0. The number of amides is 2. The second-order valence-corrected chi connectivity index (χ2v) is 7.45. The highest BCUT2D eigenvalue weighted by Gasteiger charge is 2.37. The van der Waals surface area contributed by atoms with Gasteiger partial charge < -0.3 is 15.4 Å². The number of ether oxygens (including phenoxy) is 1. The van der Waals surface area contributed by atoms with E-state index in [0.717, 1.165) is 12.8 Å². The Kier molecular flexibility index (Phi) is 5.97. The zero-order valence-corrected chi connectivity index (χ0v) is 17.2. The van der Waals surface area contributed by atoms with Crippen LogP contribution in [0.3, 0.4) is 0 Å². The van der Waals surface area contributed by atoms with Crippen LogP contribution in [0.25, 0.3) is 0 Å². The molecule has 2 aromatic rings. The van der Waals surface area contributed by atoms with Gasteiger partial charge in [-0.15, -0.1) is 0 Å². The third-order valence-corrected chi connectivity index (χ3v) is 5.09. The van der Waals surface area contributed by atoms with Crippen LogP contribution < -0.4 is 15.6 Å². The fraction of sp³-hybridized carbons (Fsp3) is 0.304. The maximum Gasteiger partial charge on any atom is 0.354 e. The molecule has 0 saturated heterocycles. The van der Waals surface area contributed by atoms with Crippen molar-refractivity contribution < 1.29 is 19.1 Å². The SMILES string of the molecule is CCOC(=O)C1=NN(c2ccccc2)C(C(=O)Nc2ccccc2C(=O)NC2CC2)C1. The Morgan fingerprint density at radius 3 is 2.48 bits per heavy atom. The lowest BCUT2D eigenvalue weighted by atomic mass is 10.1. The van der Waals surface area contributed by atoms with Crippen LogP contribution in [-0.4, -0.2) is 42.2 Å². The number of carbonyl (C=O) groups is 3. The summed E-state index contributed by atoms with van der Waals surface area (Å²) in [5, 5.41) is 11.7. The summed E-state index contributed by atoms with van der Waals surface area (Å²) in [5.74, 6) is -1.12. The minimum Gasteiger partial charge on any atom is -0.461 e. The molecule has 2 aliphatic rings. The number of nitrogens with one attached hydrogen (secondary N) is 2. The van der Waals surface area contributed by atoms with Gasteiger partial charge in [-0.05, 0) is 44.0 Å². The van der Waals surface area contributed by atoms with Crippen molar-refractivity contribution in [3.05, 3.63) is 60.2 Å². The van der Waals surface area contributed by atoms with Gasteiger partial charge in [0.2, 0.25) is 5.91 Å². The molecule has 2 N–H and O–H groups in total. The molecule has 1 fully saturated rings. The lowest BCUT2D eigenvalue weighted by molar-refractivity contribution is -0.135. The predicted octanol–water partition coefficient (Wildman–Crippen LogP) is 2.72. The summed E-state index contributed by atoms with van der Waals surface area (Å²) in [6, 6.07) is 15.5. The van der Waals surface area contributed by atoms with Crippen LogP contribution in [0, 0.1) is 0 Å². The lowest BCUT2D eigenvalue weighted by Crippen LogP contribution is -2.39. The minimum atomic E-state index is -0.749. The number of para-hydroxylation sites is 2. The van der Waals surface area contributed by atoms with Crippen molar-refractivity contribution in [1.82, 2.24) is 5.32 Å². The first kappa shape index (κ1) is 20.6. The minimum absolute atomic E-state index is 0.107. The Hall–Kier alpha value is -3.68. The molecule has 8 heteroatoms. The molecule has 4 rings (SSSR count). The van der Waals surface area contributed by atoms with Crippen molar-refractivity contribution >= 4 is 34.9 Å². The van der Waals surface area contributed by atoms with E-state index in [1.807, 2.05) is 30.3 Å². The Morgan fingerprint density at radius 2 is 1.77 bits per heavy atom. The van der Waals surface area contributed by atoms with Gasteiger partial charge in [0.15, 0.2) is 0 Å². The van der Waals surface area contributed by atoms with Crippen LogP contribution in [0.5, 0.6) is 0 Å². The number of hydrazone groups is 1. The first-order chi connectivity index (χ1) is 15.1. The number of nitrogens with zero attached hydrogens (tertiary/aromatic N) is 2. The molecule has 0 aromatic heterocycles. The zero-order valence-electron chi connectivity index (χ0n) is 17.2. The monoisotopic (exact) mass is 420 g/mol. The van der Waals surface area contributed by atoms with Crippen LogP contribution >= 0.6 is 0 Å². The standard InChI is InChI=1S/C23H24N4O4/c1-2-31-23(30)19-14-20(27(26-19)16-8-4-3-5-9-16)22(29)25-18-11-7-6-10-17(18)21(28)24-15-12-13-15/h3-11,15,20H,2,12-14H2,1H3,(H,24,28)(H,25,29). The van der Waals surface area contributed by atoms with Gasteiger partial charge in [0.25, 0.3) is 5.91 Å². The highest BCUT2D eigenvalue weighted by atomic mass is 16.5. The van der Waals surface area contributed by atoms with Gasteiger partial charge >= 0.3 is 5.97 Å². The van der Waals surface area contributed by atoms with E-state index in [0.29, 0.717) is 16.9 Å². The normalized spacial score (nSPS) is 17.6. The van der Waals surface area contributed by atoms with E-state index in [1.165, 1.54) is 5.01 Å². The van der Waals surface area contributed by atoms with E-state index < -0.39 is 12.0 Å². The molecule has 1 saturated carbocycles. The van der Waals surface area contributed by atoms with Crippen LogP contribution in [0.1, 0.15) is 36.5 Å². The number of hydrogen-bond donors (Lipinski definition) is 2. The van der Waals surface area contributed by atoms with E-state index in [9.17, 15) is 14.4 Å². The van der Waals surface area contributed by atoms with Crippen LogP contribution in [0.2, 0.25) is 0 Å². The van der Waals surface area contributed by atoms with Gasteiger partial charge in [-0.25, -0.2) is 4.79 Å². The Balaban J connectivity index is 1.56. The van der Waals surface area contributed by atoms with Gasteiger partial charge in [0.05, 0.1) is 23.5 Å². The van der Waals surface area contributed by atoms with Crippen molar-refractivity contribution in [3.63, 3.8) is 0 Å². The Morgan fingerprint density at radius 1 is 1.06 bits per heavy atom. The van der Waals surface area contributed by atoms with Crippen molar-refractivity contribution in [3.8, 4) is 0 Å². The number of carbonyl (C=O) groups excluding carboxylic acids is 3. The third kappa shape index (κ3) is 4.74. The molecule has 1 aliphatic carbocycles. The number of esters is 1. The molecule has 2 amide bonds. The Bertz CT molecular complexity index is 1020. The highest BCUT2D eigenvalue weighted by Crippen LogP contribution is 2.27. The number of benzene rings is 2. The summed E-state index contributed by atoms with van der Waals surface area (Å²) in [5.41, 5.74) is 1.69. The number of hydrogen-bond acceptors (Lipinski definition) is 6. The van der Waals surface area contributed by atoms with Crippen LogP contribution in [0.15, 0.2) is 59.7 Å². The summed E-state index contributed by atoms with van der Waals surface area (Å²) < 4.78 is 5.07. The molecule has 0 spiro atoms. The second-order valence-electron chi connectivity index (χ2n) is 7.45. The summed E-state index contributed by atoms with van der Waals surface area (Å²) in [6.07, 6.45) is 2.06. The van der Waals surface area contributed by atoms with Crippen molar-refractivity contribution in [2.45, 2.75) is 38.3 Å². The highest BCUT2D eigenvalue weighted by molar-refractivity contribution is 6.38. The average Bonchev–Trinajstić information content (AvgIpc) is 3.48. The smallest absolute Gasteiger partial charge is 0.354 e. The maximum absolute atomic E-state index is 13.2. The van der Waals surface area contributed by atoms with Gasteiger partial charge in [0, 0.05) is 12.5 Å². The first-order valence-corrected chi connectivity index (χ1v) is 10.4. The molecule has 8 nitrogen and oxygen atoms in total. The van der Waals surface area contributed by atoms with E-state index in [1.54, 1.807) is 31.2 Å². The molecule has 160 valence electrons. The fourth-order valence-corrected chi connectivity index (χ4v) is 3.37. The van der Waals surface area contributed by atoms with Gasteiger partial charge in [-0.3, -0.25) is 14.6 Å². The first-order valence-electron chi connectivity index (χ1n) is 10.4. The number of anilines is 2. The van der Waals surface area contributed by atoms with Gasteiger partial charge in [0.1, 0.15) is 11.8 Å². The van der Waals surface area contributed by atoms with E-state index in [-0.39, 0.29) is 36.6 Å². The largest absolute Gasteiger partial charge is 0.461 e. The lowest BCUT2D eigenvalue weighted by Gasteiger charge is -2.23. The maximum atomic E-state index is 13.2. The topological polar surface area (TPSA) is 100 Å². The summed E-state index contributed by atoms with van der Waals surface area (Å²) >= 11 is 0. The second kappa shape index (κ2) is 8.99. The number of rotatable bonds is 7. The molecule has 1 atom stereocenters. The molecule has 31 heavy (non-hydrogen) atoms. The van der Waals surface area contributed by atoms with E-state index >= 15 is 0 Å². The molecule has 1 heterocycles. The molecule has 0 radical (unpaired) electrons. The molecule has 1 aliphatic heterocycles. The van der Waals surface area contributed by atoms with Crippen LogP contribution in [-0.2, 0) is 14.3 Å². The quantitative estimate of drug-likeness (QED) is 0.671. The molecular weight excluding hydrogens is 396 g/mol. The fourth-order valence-electron chi connectivity index (χ4n) is 3.37. The summed E-state index contributed by atoms with van der Waals surface area (Å²) in [6.45, 7) is 1.94. The third-order valence-electron chi connectivity index (χ3n) is 5.09.